The number of nitrogens with one attached hydrogen (secondary N) is 3. The van der Waals surface area contributed by atoms with Gasteiger partial charge in [0, 0.05) is 25.2 Å². The van der Waals surface area contributed by atoms with Gasteiger partial charge in [-0.05, 0) is 31.0 Å². The van der Waals surface area contributed by atoms with Gasteiger partial charge in [0.1, 0.15) is 6.04 Å². The Bertz CT molecular complexity index is 548. The van der Waals surface area contributed by atoms with Crippen LogP contribution in [0.1, 0.15) is 36.2 Å². The van der Waals surface area contributed by atoms with E-state index in [1.54, 1.807) is 12.1 Å². The molecule has 0 aromatic heterocycles. The molecule has 1 heterocycles. The van der Waals surface area contributed by atoms with Crippen molar-refractivity contribution in [3.8, 4) is 0 Å². The zero-order valence-corrected chi connectivity index (χ0v) is 13.7. The average molecular weight is 319 g/mol. The SMILES string of the molecule is CCCNC(=O)c1cccc(CNC(=O)[C@H]2NCCO[C@@H]2C)c1. The summed E-state index contributed by atoms with van der Waals surface area (Å²) in [6.45, 7) is 6.24. The number of hydrogen-bond acceptors (Lipinski definition) is 4. The molecule has 2 atom stereocenters. The first kappa shape index (κ1) is 17.4. The van der Waals surface area contributed by atoms with E-state index in [1.807, 2.05) is 26.0 Å². The molecule has 1 saturated heterocycles. The van der Waals surface area contributed by atoms with Crippen LogP contribution in [0, 0.1) is 0 Å². The van der Waals surface area contributed by atoms with Gasteiger partial charge in [0.25, 0.3) is 5.91 Å². The van der Waals surface area contributed by atoms with Crippen LogP contribution in [-0.4, -0.2) is 43.7 Å². The summed E-state index contributed by atoms with van der Waals surface area (Å²) in [6.07, 6.45) is 0.755. The second-order valence-electron chi connectivity index (χ2n) is 5.68. The molecule has 0 radical (unpaired) electrons. The Kier molecular flexibility index (Phi) is 6.55. The molecule has 1 aromatic rings. The lowest BCUT2D eigenvalue weighted by molar-refractivity contribution is -0.129. The van der Waals surface area contributed by atoms with Crippen molar-refractivity contribution in [2.45, 2.75) is 39.0 Å². The van der Waals surface area contributed by atoms with E-state index in [4.69, 9.17) is 4.74 Å². The van der Waals surface area contributed by atoms with E-state index in [2.05, 4.69) is 16.0 Å². The van der Waals surface area contributed by atoms with Gasteiger partial charge in [0.05, 0.1) is 12.7 Å². The second kappa shape index (κ2) is 8.64. The molecule has 1 fully saturated rings. The maximum atomic E-state index is 12.2. The summed E-state index contributed by atoms with van der Waals surface area (Å²) in [7, 11) is 0. The molecule has 0 saturated carbocycles. The molecular formula is C17H25N3O3. The molecule has 6 nitrogen and oxygen atoms in total. The van der Waals surface area contributed by atoms with E-state index in [-0.39, 0.29) is 24.0 Å². The van der Waals surface area contributed by atoms with E-state index in [0.717, 1.165) is 12.0 Å². The van der Waals surface area contributed by atoms with Crippen molar-refractivity contribution >= 4 is 11.8 Å². The number of carbonyl (C=O) groups excluding carboxylic acids is 2. The van der Waals surface area contributed by atoms with Crippen LogP contribution in [-0.2, 0) is 16.1 Å². The quantitative estimate of drug-likeness (QED) is 0.725. The third kappa shape index (κ3) is 5.04. The summed E-state index contributed by atoms with van der Waals surface area (Å²) in [4.78, 5) is 24.2. The lowest BCUT2D eigenvalue weighted by Crippen LogP contribution is -2.55. The van der Waals surface area contributed by atoms with E-state index >= 15 is 0 Å². The van der Waals surface area contributed by atoms with Gasteiger partial charge in [-0.2, -0.15) is 0 Å². The number of rotatable bonds is 6. The van der Waals surface area contributed by atoms with Crippen molar-refractivity contribution < 1.29 is 14.3 Å². The minimum atomic E-state index is -0.334. The van der Waals surface area contributed by atoms with Gasteiger partial charge in [-0.3, -0.25) is 9.59 Å². The summed E-state index contributed by atoms with van der Waals surface area (Å²) < 4.78 is 5.48. The van der Waals surface area contributed by atoms with E-state index in [9.17, 15) is 9.59 Å². The second-order valence-corrected chi connectivity index (χ2v) is 5.68. The lowest BCUT2D eigenvalue weighted by atomic mass is 10.1. The molecular weight excluding hydrogens is 294 g/mol. The highest BCUT2D eigenvalue weighted by atomic mass is 16.5. The zero-order chi connectivity index (χ0) is 16.7. The van der Waals surface area contributed by atoms with Gasteiger partial charge in [-0.15, -0.1) is 0 Å². The van der Waals surface area contributed by atoms with E-state index < -0.39 is 0 Å². The highest BCUT2D eigenvalue weighted by molar-refractivity contribution is 5.94. The number of amides is 2. The van der Waals surface area contributed by atoms with Crippen LogP contribution in [0.3, 0.4) is 0 Å². The van der Waals surface area contributed by atoms with Crippen LogP contribution in [0.5, 0.6) is 0 Å². The summed E-state index contributed by atoms with van der Waals surface area (Å²) in [5, 5.41) is 8.90. The van der Waals surface area contributed by atoms with Crippen molar-refractivity contribution in [2.75, 3.05) is 19.7 Å². The summed E-state index contributed by atoms with van der Waals surface area (Å²) >= 11 is 0. The molecule has 3 N–H and O–H groups in total. The zero-order valence-electron chi connectivity index (χ0n) is 13.7. The van der Waals surface area contributed by atoms with Gasteiger partial charge in [-0.25, -0.2) is 0 Å². The molecule has 0 bridgehead atoms. The largest absolute Gasteiger partial charge is 0.375 e. The first-order chi connectivity index (χ1) is 11.1. The Labute approximate surface area is 137 Å². The molecule has 6 heteroatoms. The molecule has 2 rings (SSSR count). The van der Waals surface area contributed by atoms with Crippen molar-refractivity contribution in [2.24, 2.45) is 0 Å². The maximum Gasteiger partial charge on any atom is 0.251 e. The molecule has 0 spiro atoms. The van der Waals surface area contributed by atoms with Crippen LogP contribution in [0.15, 0.2) is 24.3 Å². The minimum Gasteiger partial charge on any atom is -0.375 e. The normalized spacial score (nSPS) is 20.8. The number of benzene rings is 1. The third-order valence-corrected chi connectivity index (χ3v) is 3.79. The summed E-state index contributed by atoms with van der Waals surface area (Å²) in [5.41, 5.74) is 1.50. The topological polar surface area (TPSA) is 79.5 Å². The average Bonchev–Trinajstić information content (AvgIpc) is 2.58. The molecule has 126 valence electrons. The Balaban J connectivity index is 1.90. The van der Waals surface area contributed by atoms with Crippen LogP contribution in [0.25, 0.3) is 0 Å². The smallest absolute Gasteiger partial charge is 0.251 e. The van der Waals surface area contributed by atoms with Crippen LogP contribution in [0.2, 0.25) is 0 Å². The molecule has 2 amide bonds. The number of hydrogen-bond donors (Lipinski definition) is 3. The lowest BCUT2D eigenvalue weighted by Gasteiger charge is -2.29. The van der Waals surface area contributed by atoms with E-state index in [0.29, 0.717) is 31.8 Å². The molecule has 1 aliphatic rings. The minimum absolute atomic E-state index is 0.0852. The van der Waals surface area contributed by atoms with Gasteiger partial charge in [-0.1, -0.05) is 19.1 Å². The van der Waals surface area contributed by atoms with Crippen LogP contribution >= 0.6 is 0 Å². The number of carbonyl (C=O) groups is 2. The van der Waals surface area contributed by atoms with E-state index in [1.165, 1.54) is 0 Å². The Hall–Kier alpha value is -1.92. The molecule has 23 heavy (non-hydrogen) atoms. The first-order valence-corrected chi connectivity index (χ1v) is 8.11. The maximum absolute atomic E-state index is 12.2. The number of ether oxygens (including phenoxy) is 1. The fourth-order valence-corrected chi connectivity index (χ4v) is 2.49. The van der Waals surface area contributed by atoms with Crippen molar-refractivity contribution in [3.05, 3.63) is 35.4 Å². The Morgan fingerprint density at radius 1 is 1.35 bits per heavy atom. The number of morpholine rings is 1. The standard InChI is InChI=1S/C17H25N3O3/c1-3-7-19-16(21)14-6-4-5-13(10-14)11-20-17(22)15-12(2)23-9-8-18-15/h4-6,10,12,15,18H,3,7-9,11H2,1-2H3,(H,19,21)(H,20,22)/t12-,15+/m1/s1. The fraction of sp³-hybridized carbons (Fsp3) is 0.529. The third-order valence-electron chi connectivity index (χ3n) is 3.79. The van der Waals surface area contributed by atoms with Crippen molar-refractivity contribution in [3.63, 3.8) is 0 Å². The predicted octanol–water partition coefficient (Wildman–Crippen LogP) is 0.820. The molecule has 1 aromatic carbocycles. The van der Waals surface area contributed by atoms with Crippen molar-refractivity contribution in [1.82, 2.24) is 16.0 Å². The highest BCUT2D eigenvalue weighted by Gasteiger charge is 2.27. The van der Waals surface area contributed by atoms with Gasteiger partial charge >= 0.3 is 0 Å². The molecule has 0 aliphatic carbocycles. The highest BCUT2D eigenvalue weighted by Crippen LogP contribution is 2.07. The van der Waals surface area contributed by atoms with Gasteiger partial charge in [0.2, 0.25) is 5.91 Å². The van der Waals surface area contributed by atoms with Gasteiger partial charge < -0.3 is 20.7 Å². The molecule has 1 aliphatic heterocycles. The summed E-state index contributed by atoms with van der Waals surface area (Å²) in [5.74, 6) is -0.172. The Morgan fingerprint density at radius 2 is 2.17 bits per heavy atom. The summed E-state index contributed by atoms with van der Waals surface area (Å²) in [6, 6.07) is 6.96. The van der Waals surface area contributed by atoms with Crippen LogP contribution in [0.4, 0.5) is 0 Å². The fourth-order valence-electron chi connectivity index (χ4n) is 2.49. The van der Waals surface area contributed by atoms with Crippen LogP contribution < -0.4 is 16.0 Å². The van der Waals surface area contributed by atoms with Gasteiger partial charge in [0.15, 0.2) is 0 Å². The predicted molar refractivity (Wildman–Crippen MR) is 88.1 cm³/mol. The van der Waals surface area contributed by atoms with Crippen molar-refractivity contribution in [1.29, 1.82) is 0 Å². The Morgan fingerprint density at radius 3 is 2.91 bits per heavy atom. The monoisotopic (exact) mass is 319 g/mol. The first-order valence-electron chi connectivity index (χ1n) is 8.11. The molecule has 0 unspecified atom stereocenters.